The molecule has 82 valence electrons. The van der Waals surface area contributed by atoms with Crippen LogP contribution in [0.1, 0.15) is 25.3 Å². The normalized spacial score (nSPS) is 14.5. The zero-order valence-electron chi connectivity index (χ0n) is 9.10. The van der Waals surface area contributed by atoms with Crippen molar-refractivity contribution in [3.8, 4) is 0 Å². The molecule has 2 heteroatoms. The lowest BCUT2D eigenvalue weighted by Crippen LogP contribution is -2.21. The minimum Gasteiger partial charge on any atom is -0.392 e. The number of aryl methyl sites for hydroxylation is 1. The Balaban J connectivity index is 2.40. The van der Waals surface area contributed by atoms with Crippen molar-refractivity contribution < 1.29 is 9.90 Å². The van der Waals surface area contributed by atoms with E-state index >= 15 is 0 Å². The van der Waals surface area contributed by atoms with Gasteiger partial charge >= 0.3 is 0 Å². The summed E-state index contributed by atoms with van der Waals surface area (Å²) in [7, 11) is 0. The molecule has 1 aromatic carbocycles. The molecule has 0 heterocycles. The highest BCUT2D eigenvalue weighted by atomic mass is 16.3. The Morgan fingerprint density at radius 1 is 1.33 bits per heavy atom. The fraction of sp³-hybridized carbons (Fsp3) is 0.462. The highest BCUT2D eigenvalue weighted by Crippen LogP contribution is 2.12. The number of carbonyl (C=O) groups is 1. The monoisotopic (exact) mass is 206 g/mol. The van der Waals surface area contributed by atoms with Crippen LogP contribution in [-0.4, -0.2) is 17.5 Å². The van der Waals surface area contributed by atoms with Crippen LogP contribution >= 0.6 is 0 Å². The summed E-state index contributed by atoms with van der Waals surface area (Å²) < 4.78 is 0. The summed E-state index contributed by atoms with van der Waals surface area (Å²) in [6.45, 7) is 1.92. The first kappa shape index (κ1) is 11.9. The van der Waals surface area contributed by atoms with Gasteiger partial charge in [0.05, 0.1) is 6.10 Å². The van der Waals surface area contributed by atoms with Crippen LogP contribution in [0, 0.1) is 5.92 Å². The molecule has 0 saturated carbocycles. The van der Waals surface area contributed by atoms with Crippen molar-refractivity contribution in [2.75, 3.05) is 0 Å². The molecule has 0 aliphatic carbocycles. The lowest BCUT2D eigenvalue weighted by molar-refractivity contribution is -0.114. The van der Waals surface area contributed by atoms with Gasteiger partial charge in [0, 0.05) is 5.92 Å². The number of benzene rings is 1. The predicted octanol–water partition coefficient (Wildman–Crippen LogP) is 2.21. The van der Waals surface area contributed by atoms with E-state index in [9.17, 15) is 9.90 Å². The Bertz CT molecular complexity index is 282. The lowest BCUT2D eigenvalue weighted by atomic mass is 9.95. The summed E-state index contributed by atoms with van der Waals surface area (Å²) in [5.41, 5.74) is 1.21. The van der Waals surface area contributed by atoms with Gasteiger partial charge in [-0.05, 0) is 24.8 Å². The van der Waals surface area contributed by atoms with E-state index in [1.807, 2.05) is 37.3 Å². The fourth-order valence-electron chi connectivity index (χ4n) is 1.63. The van der Waals surface area contributed by atoms with Crippen LogP contribution in [-0.2, 0) is 11.2 Å². The lowest BCUT2D eigenvalue weighted by Gasteiger charge is -2.15. The quantitative estimate of drug-likeness (QED) is 0.724. The summed E-state index contributed by atoms with van der Waals surface area (Å²) >= 11 is 0. The Hall–Kier alpha value is -1.15. The van der Waals surface area contributed by atoms with Gasteiger partial charge in [-0.15, -0.1) is 0 Å². The second-order valence-corrected chi connectivity index (χ2v) is 3.80. The van der Waals surface area contributed by atoms with E-state index in [-0.39, 0.29) is 5.92 Å². The average Bonchev–Trinajstić information content (AvgIpc) is 2.29. The van der Waals surface area contributed by atoms with E-state index in [1.165, 1.54) is 5.56 Å². The van der Waals surface area contributed by atoms with E-state index in [4.69, 9.17) is 0 Å². The van der Waals surface area contributed by atoms with Crippen molar-refractivity contribution in [3.05, 3.63) is 35.9 Å². The number of aliphatic hydroxyl groups is 1. The molecule has 0 aromatic heterocycles. The number of carbonyl (C=O) groups excluding carboxylic acids is 1. The Morgan fingerprint density at radius 2 is 2.00 bits per heavy atom. The minimum absolute atomic E-state index is 0.214. The van der Waals surface area contributed by atoms with Gasteiger partial charge in [0.15, 0.2) is 0 Å². The van der Waals surface area contributed by atoms with Crippen LogP contribution in [0.5, 0.6) is 0 Å². The molecule has 0 spiro atoms. The smallest absolute Gasteiger partial charge is 0.125 e. The predicted molar refractivity (Wildman–Crippen MR) is 60.6 cm³/mol. The molecule has 2 nitrogen and oxygen atoms in total. The van der Waals surface area contributed by atoms with Gasteiger partial charge in [0.2, 0.25) is 0 Å². The van der Waals surface area contributed by atoms with Crippen LogP contribution in [0.3, 0.4) is 0 Å². The Kier molecular flexibility index (Phi) is 5.05. The highest BCUT2D eigenvalue weighted by Gasteiger charge is 2.15. The van der Waals surface area contributed by atoms with Crippen LogP contribution in [0.4, 0.5) is 0 Å². The van der Waals surface area contributed by atoms with Crippen LogP contribution in [0.2, 0.25) is 0 Å². The van der Waals surface area contributed by atoms with Gasteiger partial charge in [-0.25, -0.2) is 0 Å². The molecule has 0 radical (unpaired) electrons. The van der Waals surface area contributed by atoms with Crippen molar-refractivity contribution in [1.82, 2.24) is 0 Å². The third kappa shape index (κ3) is 3.84. The summed E-state index contributed by atoms with van der Waals surface area (Å²) in [5.74, 6) is -0.214. The number of hydrogen-bond acceptors (Lipinski definition) is 2. The van der Waals surface area contributed by atoms with Crippen LogP contribution in [0.25, 0.3) is 0 Å². The summed E-state index contributed by atoms with van der Waals surface area (Å²) in [6.07, 6.45) is 2.54. The first-order chi connectivity index (χ1) is 7.27. The van der Waals surface area contributed by atoms with Crippen molar-refractivity contribution in [2.45, 2.75) is 32.3 Å². The van der Waals surface area contributed by atoms with E-state index in [0.29, 0.717) is 12.8 Å². The molecule has 0 aliphatic rings. The number of rotatable bonds is 6. The molecule has 15 heavy (non-hydrogen) atoms. The second kappa shape index (κ2) is 6.36. The molecule has 0 saturated heterocycles. The van der Waals surface area contributed by atoms with Gasteiger partial charge in [-0.1, -0.05) is 37.3 Å². The molecule has 0 bridgehead atoms. The maximum atomic E-state index is 10.6. The molecule has 1 N–H and O–H groups in total. The maximum absolute atomic E-state index is 10.6. The first-order valence-electron chi connectivity index (χ1n) is 5.45. The molecular formula is C13H18O2. The van der Waals surface area contributed by atoms with Gasteiger partial charge < -0.3 is 9.90 Å². The van der Waals surface area contributed by atoms with E-state index in [1.54, 1.807) is 0 Å². The van der Waals surface area contributed by atoms with Gasteiger partial charge in [-0.2, -0.15) is 0 Å². The molecule has 1 aromatic rings. The molecule has 0 unspecified atom stereocenters. The summed E-state index contributed by atoms with van der Waals surface area (Å²) in [5, 5.41) is 9.74. The topological polar surface area (TPSA) is 37.3 Å². The molecule has 1 rings (SSSR count). The highest BCUT2D eigenvalue weighted by molar-refractivity contribution is 5.54. The zero-order chi connectivity index (χ0) is 11.1. The van der Waals surface area contributed by atoms with Gasteiger partial charge in [0.1, 0.15) is 6.29 Å². The Labute approximate surface area is 90.9 Å². The summed E-state index contributed by atoms with van der Waals surface area (Å²) in [6, 6.07) is 10.0. The standard InChI is InChI=1S/C13H18O2/c1-2-12(10-14)13(15)9-8-11-6-4-3-5-7-11/h3-7,10,12-13,15H,2,8-9H2,1H3/t12-,13-/m1/s1. The van der Waals surface area contributed by atoms with Crippen LogP contribution in [0.15, 0.2) is 30.3 Å². The maximum Gasteiger partial charge on any atom is 0.125 e. The third-order valence-corrected chi connectivity index (χ3v) is 2.71. The molecule has 2 atom stereocenters. The van der Waals surface area contributed by atoms with E-state index in [0.717, 1.165) is 12.7 Å². The largest absolute Gasteiger partial charge is 0.392 e. The van der Waals surface area contributed by atoms with E-state index in [2.05, 4.69) is 0 Å². The van der Waals surface area contributed by atoms with Crippen LogP contribution < -0.4 is 0 Å². The van der Waals surface area contributed by atoms with Gasteiger partial charge in [0.25, 0.3) is 0 Å². The SMILES string of the molecule is CC[C@H](C=O)[C@H](O)CCc1ccccc1. The fourth-order valence-corrected chi connectivity index (χ4v) is 1.63. The Morgan fingerprint density at radius 3 is 2.53 bits per heavy atom. The summed E-state index contributed by atoms with van der Waals surface area (Å²) in [4.78, 5) is 10.6. The van der Waals surface area contributed by atoms with Gasteiger partial charge in [-0.3, -0.25) is 0 Å². The molecule has 0 fully saturated rings. The minimum atomic E-state index is -0.507. The number of aldehydes is 1. The third-order valence-electron chi connectivity index (χ3n) is 2.71. The first-order valence-corrected chi connectivity index (χ1v) is 5.45. The molecule has 0 aliphatic heterocycles. The van der Waals surface area contributed by atoms with Crippen molar-refractivity contribution >= 4 is 6.29 Å². The number of hydrogen-bond donors (Lipinski definition) is 1. The zero-order valence-corrected chi connectivity index (χ0v) is 9.10. The van der Waals surface area contributed by atoms with E-state index < -0.39 is 6.10 Å². The van der Waals surface area contributed by atoms with Crippen molar-refractivity contribution in [2.24, 2.45) is 5.92 Å². The number of aliphatic hydroxyl groups excluding tert-OH is 1. The van der Waals surface area contributed by atoms with Crippen molar-refractivity contribution in [3.63, 3.8) is 0 Å². The van der Waals surface area contributed by atoms with Crippen molar-refractivity contribution in [1.29, 1.82) is 0 Å². The molecular weight excluding hydrogens is 188 g/mol. The average molecular weight is 206 g/mol. The second-order valence-electron chi connectivity index (χ2n) is 3.80. The molecule has 0 amide bonds.